The van der Waals surface area contributed by atoms with Crippen LogP contribution in [0.1, 0.15) is 34.8 Å². The fraction of sp³-hybridized carbons (Fsp3) is 0.235. The lowest BCUT2D eigenvalue weighted by Gasteiger charge is -2.09. The summed E-state index contributed by atoms with van der Waals surface area (Å²) in [6.45, 7) is 0.441. The molecule has 1 aliphatic rings. The van der Waals surface area contributed by atoms with Crippen LogP contribution in [0.25, 0.3) is 0 Å². The average Bonchev–Trinajstić information content (AvgIpc) is 2.86. The summed E-state index contributed by atoms with van der Waals surface area (Å²) in [5.41, 5.74) is 3.80. The van der Waals surface area contributed by atoms with E-state index in [-0.39, 0.29) is 6.10 Å². The van der Waals surface area contributed by atoms with Gasteiger partial charge in [0, 0.05) is 0 Å². The number of aliphatic hydroxyl groups is 1. The van der Waals surface area contributed by atoms with Gasteiger partial charge in [0.15, 0.2) is 0 Å². The molecule has 0 heterocycles. The molecule has 0 amide bonds. The van der Waals surface area contributed by atoms with Crippen LogP contribution < -0.4 is 4.74 Å². The van der Waals surface area contributed by atoms with Crippen molar-refractivity contribution in [3.8, 4) is 11.8 Å². The third-order valence-electron chi connectivity index (χ3n) is 3.62. The second kappa shape index (κ2) is 5.36. The highest BCUT2D eigenvalue weighted by atomic mass is 16.5. The molecule has 0 saturated heterocycles. The van der Waals surface area contributed by atoms with E-state index in [1.807, 2.05) is 36.4 Å². The standard InChI is InChI=1S/C17H15NO2/c18-10-12-2-1-3-13(8-12)11-20-15-5-6-16-14(9-15)4-7-17(16)19/h1-3,5-6,8-9,17,19H,4,7,11H2/t17-/m1/s1. The summed E-state index contributed by atoms with van der Waals surface area (Å²) in [7, 11) is 0. The molecule has 0 saturated carbocycles. The number of benzene rings is 2. The van der Waals surface area contributed by atoms with Crippen molar-refractivity contribution in [3.63, 3.8) is 0 Å². The maximum absolute atomic E-state index is 9.77. The van der Waals surface area contributed by atoms with E-state index < -0.39 is 0 Å². The fourth-order valence-electron chi connectivity index (χ4n) is 2.56. The topological polar surface area (TPSA) is 53.2 Å². The molecule has 0 fully saturated rings. The van der Waals surface area contributed by atoms with Crippen LogP contribution in [-0.4, -0.2) is 5.11 Å². The fourth-order valence-corrected chi connectivity index (χ4v) is 2.56. The summed E-state index contributed by atoms with van der Waals surface area (Å²) < 4.78 is 5.76. The Bertz CT molecular complexity index is 673. The molecule has 2 aromatic carbocycles. The van der Waals surface area contributed by atoms with Crippen molar-refractivity contribution >= 4 is 0 Å². The minimum atomic E-state index is -0.327. The van der Waals surface area contributed by atoms with Gasteiger partial charge in [-0.05, 0) is 53.8 Å². The molecule has 0 radical (unpaired) electrons. The Balaban J connectivity index is 1.71. The Labute approximate surface area is 118 Å². The minimum absolute atomic E-state index is 0.327. The minimum Gasteiger partial charge on any atom is -0.489 e. The van der Waals surface area contributed by atoms with E-state index in [1.54, 1.807) is 6.07 Å². The number of fused-ring (bicyclic) bond motifs is 1. The zero-order valence-electron chi connectivity index (χ0n) is 11.0. The van der Waals surface area contributed by atoms with Crippen molar-refractivity contribution < 1.29 is 9.84 Å². The van der Waals surface area contributed by atoms with Crippen molar-refractivity contribution in [1.29, 1.82) is 5.26 Å². The number of hydrogen-bond acceptors (Lipinski definition) is 3. The third kappa shape index (κ3) is 2.52. The summed E-state index contributed by atoms with van der Waals surface area (Å²) >= 11 is 0. The average molecular weight is 265 g/mol. The summed E-state index contributed by atoms with van der Waals surface area (Å²) in [5.74, 6) is 0.806. The Hall–Kier alpha value is -2.31. The van der Waals surface area contributed by atoms with Gasteiger partial charge in [-0.1, -0.05) is 18.2 Å². The summed E-state index contributed by atoms with van der Waals surface area (Å²) in [6, 6.07) is 15.4. The molecule has 2 aromatic rings. The highest BCUT2D eigenvalue weighted by molar-refractivity contribution is 5.40. The first-order chi connectivity index (χ1) is 9.76. The highest BCUT2D eigenvalue weighted by Crippen LogP contribution is 2.33. The zero-order valence-corrected chi connectivity index (χ0v) is 11.0. The molecular formula is C17H15NO2. The molecule has 0 aromatic heterocycles. The van der Waals surface area contributed by atoms with E-state index in [1.165, 1.54) is 5.56 Å². The van der Waals surface area contributed by atoms with E-state index in [2.05, 4.69) is 6.07 Å². The molecule has 0 bridgehead atoms. The summed E-state index contributed by atoms with van der Waals surface area (Å²) in [5, 5.41) is 18.6. The van der Waals surface area contributed by atoms with E-state index in [9.17, 15) is 5.11 Å². The van der Waals surface area contributed by atoms with Gasteiger partial charge in [0.05, 0.1) is 17.7 Å². The molecule has 20 heavy (non-hydrogen) atoms. The van der Waals surface area contributed by atoms with Gasteiger partial charge in [-0.3, -0.25) is 0 Å². The first kappa shape index (κ1) is 12.7. The van der Waals surface area contributed by atoms with Gasteiger partial charge in [-0.15, -0.1) is 0 Å². The molecule has 3 rings (SSSR count). The molecule has 1 aliphatic carbocycles. The van der Waals surface area contributed by atoms with E-state index >= 15 is 0 Å². The monoisotopic (exact) mass is 265 g/mol. The van der Waals surface area contributed by atoms with Gasteiger partial charge in [0.25, 0.3) is 0 Å². The first-order valence-electron chi connectivity index (χ1n) is 6.69. The van der Waals surface area contributed by atoms with E-state index in [0.29, 0.717) is 12.2 Å². The zero-order chi connectivity index (χ0) is 13.9. The van der Waals surface area contributed by atoms with Crippen molar-refractivity contribution in [2.45, 2.75) is 25.6 Å². The Morgan fingerprint density at radius 3 is 3.00 bits per heavy atom. The van der Waals surface area contributed by atoms with Crippen LogP contribution in [0.5, 0.6) is 5.75 Å². The lowest BCUT2D eigenvalue weighted by atomic mass is 10.1. The molecule has 0 aliphatic heterocycles. The number of ether oxygens (including phenoxy) is 1. The number of aliphatic hydroxyl groups excluding tert-OH is 1. The van der Waals surface area contributed by atoms with Crippen molar-refractivity contribution in [2.24, 2.45) is 0 Å². The predicted octanol–water partition coefficient (Wildman–Crippen LogP) is 3.12. The predicted molar refractivity (Wildman–Crippen MR) is 75.2 cm³/mol. The maximum atomic E-state index is 9.77. The van der Waals surface area contributed by atoms with Gasteiger partial charge in [-0.2, -0.15) is 5.26 Å². The Morgan fingerprint density at radius 1 is 1.25 bits per heavy atom. The number of nitrogens with zero attached hydrogens (tertiary/aromatic N) is 1. The number of rotatable bonds is 3. The molecule has 1 atom stereocenters. The number of aryl methyl sites for hydroxylation is 1. The van der Waals surface area contributed by atoms with Gasteiger partial charge < -0.3 is 9.84 Å². The Morgan fingerprint density at radius 2 is 2.15 bits per heavy atom. The summed E-state index contributed by atoms with van der Waals surface area (Å²) in [6.07, 6.45) is 1.37. The van der Waals surface area contributed by atoms with Crippen LogP contribution in [0.2, 0.25) is 0 Å². The summed E-state index contributed by atoms with van der Waals surface area (Å²) in [4.78, 5) is 0. The molecular weight excluding hydrogens is 250 g/mol. The SMILES string of the molecule is N#Cc1cccc(COc2ccc3c(c2)CC[C@H]3O)c1. The van der Waals surface area contributed by atoms with Gasteiger partial charge in [0.1, 0.15) is 12.4 Å². The van der Waals surface area contributed by atoms with Crippen molar-refractivity contribution in [2.75, 3.05) is 0 Å². The largest absolute Gasteiger partial charge is 0.489 e. The molecule has 100 valence electrons. The normalized spacial score (nSPS) is 16.5. The van der Waals surface area contributed by atoms with Crippen molar-refractivity contribution in [3.05, 3.63) is 64.7 Å². The molecule has 0 unspecified atom stereocenters. The molecule has 0 spiro atoms. The van der Waals surface area contributed by atoms with Crippen LogP contribution in [0.3, 0.4) is 0 Å². The number of nitriles is 1. The van der Waals surface area contributed by atoms with Gasteiger partial charge >= 0.3 is 0 Å². The quantitative estimate of drug-likeness (QED) is 0.927. The molecule has 3 nitrogen and oxygen atoms in total. The van der Waals surface area contributed by atoms with Crippen LogP contribution in [-0.2, 0) is 13.0 Å². The van der Waals surface area contributed by atoms with E-state index in [0.717, 1.165) is 29.7 Å². The lowest BCUT2D eigenvalue weighted by molar-refractivity contribution is 0.180. The van der Waals surface area contributed by atoms with Crippen LogP contribution in [0.15, 0.2) is 42.5 Å². The third-order valence-corrected chi connectivity index (χ3v) is 3.62. The lowest BCUT2D eigenvalue weighted by Crippen LogP contribution is -1.97. The maximum Gasteiger partial charge on any atom is 0.120 e. The van der Waals surface area contributed by atoms with Gasteiger partial charge in [-0.25, -0.2) is 0 Å². The number of hydrogen-bond donors (Lipinski definition) is 1. The molecule has 1 N–H and O–H groups in total. The Kier molecular flexibility index (Phi) is 3.41. The van der Waals surface area contributed by atoms with Crippen LogP contribution in [0.4, 0.5) is 0 Å². The van der Waals surface area contributed by atoms with Gasteiger partial charge in [0.2, 0.25) is 0 Å². The van der Waals surface area contributed by atoms with E-state index in [4.69, 9.17) is 10.00 Å². The van der Waals surface area contributed by atoms with Crippen LogP contribution in [0, 0.1) is 11.3 Å². The smallest absolute Gasteiger partial charge is 0.120 e. The second-order valence-electron chi connectivity index (χ2n) is 5.02. The van der Waals surface area contributed by atoms with Crippen LogP contribution >= 0.6 is 0 Å². The second-order valence-corrected chi connectivity index (χ2v) is 5.02. The first-order valence-corrected chi connectivity index (χ1v) is 6.69. The molecule has 3 heteroatoms. The highest BCUT2D eigenvalue weighted by Gasteiger charge is 2.20. The van der Waals surface area contributed by atoms with Crippen molar-refractivity contribution in [1.82, 2.24) is 0 Å².